The predicted octanol–water partition coefficient (Wildman–Crippen LogP) is 0.941. The summed E-state index contributed by atoms with van der Waals surface area (Å²) >= 11 is 0. The van der Waals surface area contributed by atoms with Crippen molar-refractivity contribution in [1.82, 2.24) is 15.1 Å². The maximum absolute atomic E-state index is 12.5. The number of nitrogens with zero attached hydrogens (tertiary/aromatic N) is 2. The van der Waals surface area contributed by atoms with Gasteiger partial charge in [0.25, 0.3) is 17.4 Å². The molecule has 0 spiro atoms. The van der Waals surface area contributed by atoms with E-state index in [2.05, 4.69) is 15.7 Å². The van der Waals surface area contributed by atoms with Gasteiger partial charge in [0, 0.05) is 26.3 Å². The number of aryl methyl sites for hydroxylation is 1. The van der Waals surface area contributed by atoms with Crippen LogP contribution in [-0.2, 0) is 11.8 Å². The minimum Gasteiger partial charge on any atom is -0.376 e. The van der Waals surface area contributed by atoms with Gasteiger partial charge in [-0.15, -0.1) is 0 Å². The Labute approximate surface area is 150 Å². The van der Waals surface area contributed by atoms with Crippen LogP contribution in [0.3, 0.4) is 0 Å². The summed E-state index contributed by atoms with van der Waals surface area (Å²) < 4.78 is 6.57. The van der Waals surface area contributed by atoms with Gasteiger partial charge in [-0.2, -0.15) is 5.10 Å². The number of hydrogen-bond acceptors (Lipinski definition) is 5. The lowest BCUT2D eigenvalue weighted by Gasteiger charge is -2.13. The van der Waals surface area contributed by atoms with Crippen LogP contribution in [0.1, 0.15) is 33.7 Å². The summed E-state index contributed by atoms with van der Waals surface area (Å²) in [4.78, 5) is 36.2. The first kappa shape index (κ1) is 17.8. The highest BCUT2D eigenvalue weighted by molar-refractivity contribution is 6.08. The van der Waals surface area contributed by atoms with Gasteiger partial charge >= 0.3 is 0 Å². The van der Waals surface area contributed by atoms with Crippen LogP contribution < -0.4 is 16.2 Å². The van der Waals surface area contributed by atoms with Gasteiger partial charge in [0.1, 0.15) is 5.69 Å². The van der Waals surface area contributed by atoms with Crippen molar-refractivity contribution < 1.29 is 14.3 Å². The lowest BCUT2D eigenvalue weighted by Crippen LogP contribution is -2.32. The number of carbonyl (C=O) groups excluding carboxylic acids is 2. The first-order chi connectivity index (χ1) is 12.5. The van der Waals surface area contributed by atoms with E-state index < -0.39 is 5.91 Å². The lowest BCUT2D eigenvalue weighted by atomic mass is 10.1. The molecular formula is C18H20N4O4. The van der Waals surface area contributed by atoms with E-state index in [9.17, 15) is 14.4 Å². The van der Waals surface area contributed by atoms with Crippen LogP contribution >= 0.6 is 0 Å². The SMILES string of the molecule is Cn1nc(C(=O)Nc2ccccc2C(=O)NC[C@@H]2CCCO2)ccc1=O. The van der Waals surface area contributed by atoms with Gasteiger partial charge in [0.15, 0.2) is 0 Å². The molecule has 2 amide bonds. The molecule has 2 heterocycles. The summed E-state index contributed by atoms with van der Waals surface area (Å²) in [5.74, 6) is -0.787. The molecule has 0 aliphatic carbocycles. The number of amides is 2. The predicted molar refractivity (Wildman–Crippen MR) is 95.2 cm³/mol. The van der Waals surface area contributed by atoms with E-state index in [1.54, 1.807) is 24.3 Å². The Morgan fingerprint density at radius 3 is 2.77 bits per heavy atom. The molecule has 1 aliphatic heterocycles. The first-order valence-electron chi connectivity index (χ1n) is 8.39. The molecule has 1 aromatic carbocycles. The Morgan fingerprint density at radius 2 is 2.04 bits per heavy atom. The third-order valence-electron chi connectivity index (χ3n) is 4.13. The minimum absolute atomic E-state index is 0.0375. The van der Waals surface area contributed by atoms with Gasteiger partial charge in [-0.3, -0.25) is 14.4 Å². The van der Waals surface area contributed by atoms with E-state index in [1.165, 1.54) is 19.2 Å². The molecule has 3 rings (SSSR count). The fraction of sp³-hybridized carbons (Fsp3) is 0.333. The van der Waals surface area contributed by atoms with Crippen LogP contribution in [0.5, 0.6) is 0 Å². The van der Waals surface area contributed by atoms with Crippen LogP contribution in [0.2, 0.25) is 0 Å². The summed E-state index contributed by atoms with van der Waals surface area (Å²) in [5, 5.41) is 9.42. The molecule has 0 unspecified atom stereocenters. The topological polar surface area (TPSA) is 102 Å². The standard InChI is InChI=1S/C18H20N4O4/c1-22-16(23)9-8-15(21-22)18(25)20-14-7-3-2-6-13(14)17(24)19-11-12-5-4-10-26-12/h2-3,6-9,12H,4-5,10-11H2,1H3,(H,19,24)(H,20,25)/t12-/m0/s1. The van der Waals surface area contributed by atoms with Crippen LogP contribution in [0.15, 0.2) is 41.2 Å². The second-order valence-corrected chi connectivity index (χ2v) is 6.03. The maximum Gasteiger partial charge on any atom is 0.276 e. The van der Waals surface area contributed by atoms with Crippen molar-refractivity contribution in [1.29, 1.82) is 0 Å². The molecule has 1 saturated heterocycles. The molecule has 0 radical (unpaired) electrons. The van der Waals surface area contributed by atoms with E-state index in [1.807, 2.05) is 0 Å². The van der Waals surface area contributed by atoms with Crippen molar-refractivity contribution in [2.24, 2.45) is 7.05 Å². The zero-order chi connectivity index (χ0) is 18.5. The molecule has 1 fully saturated rings. The molecule has 0 bridgehead atoms. The minimum atomic E-state index is -0.500. The van der Waals surface area contributed by atoms with Gasteiger partial charge in [-0.05, 0) is 31.0 Å². The summed E-state index contributed by atoms with van der Waals surface area (Å²) in [6, 6.07) is 9.33. The van der Waals surface area contributed by atoms with Gasteiger partial charge in [-0.1, -0.05) is 12.1 Å². The van der Waals surface area contributed by atoms with Gasteiger partial charge in [-0.25, -0.2) is 4.68 Å². The Balaban J connectivity index is 1.71. The summed E-state index contributed by atoms with van der Waals surface area (Å²) in [7, 11) is 1.46. The summed E-state index contributed by atoms with van der Waals surface area (Å²) in [5.41, 5.74) is 0.499. The van der Waals surface area contributed by atoms with E-state index in [4.69, 9.17) is 4.74 Å². The normalized spacial score (nSPS) is 16.3. The third-order valence-corrected chi connectivity index (χ3v) is 4.13. The molecule has 8 heteroatoms. The molecule has 1 aliphatic rings. The fourth-order valence-corrected chi connectivity index (χ4v) is 2.71. The Kier molecular flexibility index (Phi) is 5.43. The quantitative estimate of drug-likeness (QED) is 0.830. The number of aromatic nitrogens is 2. The van der Waals surface area contributed by atoms with Crippen LogP contribution in [0.25, 0.3) is 0 Å². The number of anilines is 1. The van der Waals surface area contributed by atoms with Gasteiger partial charge < -0.3 is 15.4 Å². The summed E-state index contributed by atoms with van der Waals surface area (Å²) in [6.07, 6.45) is 1.96. The Bertz CT molecular complexity index is 871. The second kappa shape index (κ2) is 7.92. The van der Waals surface area contributed by atoms with E-state index >= 15 is 0 Å². The Morgan fingerprint density at radius 1 is 1.23 bits per heavy atom. The molecule has 26 heavy (non-hydrogen) atoms. The van der Waals surface area contributed by atoms with E-state index in [0.29, 0.717) is 17.8 Å². The average molecular weight is 356 g/mol. The average Bonchev–Trinajstić information content (AvgIpc) is 3.16. The van der Waals surface area contributed by atoms with Gasteiger partial charge in [0.2, 0.25) is 0 Å². The molecule has 1 aromatic heterocycles. The van der Waals surface area contributed by atoms with Crippen LogP contribution in [-0.4, -0.2) is 40.9 Å². The molecule has 8 nitrogen and oxygen atoms in total. The van der Waals surface area contributed by atoms with Gasteiger partial charge in [0.05, 0.1) is 17.4 Å². The number of ether oxygens (including phenoxy) is 1. The number of nitrogens with one attached hydrogen (secondary N) is 2. The zero-order valence-corrected chi connectivity index (χ0v) is 14.4. The largest absolute Gasteiger partial charge is 0.376 e. The Hall–Kier alpha value is -3.00. The highest BCUT2D eigenvalue weighted by Gasteiger charge is 2.19. The monoisotopic (exact) mass is 356 g/mol. The lowest BCUT2D eigenvalue weighted by molar-refractivity contribution is 0.0858. The highest BCUT2D eigenvalue weighted by atomic mass is 16.5. The number of carbonyl (C=O) groups is 2. The van der Waals surface area contributed by atoms with Crippen LogP contribution in [0, 0.1) is 0 Å². The van der Waals surface area contributed by atoms with Crippen molar-refractivity contribution in [3.8, 4) is 0 Å². The van der Waals surface area contributed by atoms with Crippen molar-refractivity contribution in [3.63, 3.8) is 0 Å². The van der Waals surface area contributed by atoms with Crippen molar-refractivity contribution >= 4 is 17.5 Å². The third kappa shape index (κ3) is 4.15. The van der Waals surface area contributed by atoms with Crippen LogP contribution in [0.4, 0.5) is 5.69 Å². The first-order valence-corrected chi connectivity index (χ1v) is 8.39. The van der Waals surface area contributed by atoms with E-state index in [0.717, 1.165) is 24.1 Å². The number of benzene rings is 1. The number of rotatable bonds is 5. The maximum atomic E-state index is 12.5. The second-order valence-electron chi connectivity index (χ2n) is 6.03. The fourth-order valence-electron chi connectivity index (χ4n) is 2.71. The van der Waals surface area contributed by atoms with Crippen molar-refractivity contribution in [2.45, 2.75) is 18.9 Å². The molecule has 136 valence electrons. The number of para-hydroxylation sites is 1. The zero-order valence-electron chi connectivity index (χ0n) is 14.4. The molecule has 1 atom stereocenters. The van der Waals surface area contributed by atoms with Crippen molar-refractivity contribution in [2.75, 3.05) is 18.5 Å². The smallest absolute Gasteiger partial charge is 0.276 e. The number of hydrogen-bond donors (Lipinski definition) is 2. The van der Waals surface area contributed by atoms with Crippen molar-refractivity contribution in [3.05, 3.63) is 58.0 Å². The molecular weight excluding hydrogens is 336 g/mol. The molecule has 0 saturated carbocycles. The highest BCUT2D eigenvalue weighted by Crippen LogP contribution is 2.16. The molecule has 2 N–H and O–H groups in total. The molecule has 2 aromatic rings. The summed E-state index contributed by atoms with van der Waals surface area (Å²) in [6.45, 7) is 1.16. The van der Waals surface area contributed by atoms with E-state index in [-0.39, 0.29) is 23.3 Å².